The molecule has 1 aromatic rings. The van der Waals surface area contributed by atoms with Crippen LogP contribution >= 0.6 is 11.8 Å². The summed E-state index contributed by atoms with van der Waals surface area (Å²) in [5, 5.41) is 4.35. The van der Waals surface area contributed by atoms with Crippen molar-refractivity contribution in [1.82, 2.24) is 10.6 Å². The molecule has 1 rings (SSSR count). The first-order valence-corrected chi connectivity index (χ1v) is 7.24. The van der Waals surface area contributed by atoms with Gasteiger partial charge in [-0.3, -0.25) is 10.1 Å². The zero-order valence-corrected chi connectivity index (χ0v) is 12.1. The van der Waals surface area contributed by atoms with Crippen LogP contribution in [-0.4, -0.2) is 24.7 Å². The molecule has 116 valence electrons. The fourth-order valence-electron chi connectivity index (χ4n) is 1.44. The van der Waals surface area contributed by atoms with Crippen molar-refractivity contribution in [2.24, 2.45) is 0 Å². The maximum absolute atomic E-state index is 12.5. The summed E-state index contributed by atoms with van der Waals surface area (Å²) >= 11 is 1.33. The number of benzene rings is 1. The third-order valence-corrected chi connectivity index (χ3v) is 3.51. The monoisotopic (exact) mass is 320 g/mol. The molecule has 0 saturated heterocycles. The number of halogens is 3. The minimum Gasteiger partial charge on any atom is -0.341 e. The molecule has 3 amide bonds. The molecule has 0 fully saturated rings. The Morgan fingerprint density at radius 2 is 2.00 bits per heavy atom. The van der Waals surface area contributed by atoms with Gasteiger partial charge in [-0.25, -0.2) is 4.79 Å². The Bertz CT molecular complexity index is 506. The molecule has 0 heterocycles. The highest BCUT2D eigenvalue weighted by atomic mass is 32.2. The number of nitrogens with one attached hydrogen (secondary N) is 2. The van der Waals surface area contributed by atoms with Gasteiger partial charge in [0.05, 0.1) is 5.56 Å². The molecular weight excluding hydrogens is 305 g/mol. The molecule has 0 aromatic heterocycles. The van der Waals surface area contributed by atoms with Gasteiger partial charge in [-0.15, -0.1) is 0 Å². The number of thioether (sulfide) groups is 1. The largest absolute Gasteiger partial charge is 0.416 e. The van der Waals surface area contributed by atoms with Gasteiger partial charge in [0.15, 0.2) is 0 Å². The smallest absolute Gasteiger partial charge is 0.341 e. The van der Waals surface area contributed by atoms with Crippen LogP contribution in [0.4, 0.5) is 18.0 Å². The van der Waals surface area contributed by atoms with E-state index < -0.39 is 23.7 Å². The topological polar surface area (TPSA) is 58.2 Å². The summed E-state index contributed by atoms with van der Waals surface area (Å²) in [7, 11) is 1.39. The number of hydrogen-bond acceptors (Lipinski definition) is 3. The maximum Gasteiger partial charge on any atom is 0.416 e. The first kappa shape index (κ1) is 17.4. The van der Waals surface area contributed by atoms with Gasteiger partial charge in [-0.2, -0.15) is 24.9 Å². The van der Waals surface area contributed by atoms with E-state index in [9.17, 15) is 22.8 Å². The molecule has 0 aliphatic carbocycles. The number of imide groups is 1. The lowest BCUT2D eigenvalue weighted by atomic mass is 10.1. The molecule has 0 radical (unpaired) electrons. The van der Waals surface area contributed by atoms with Gasteiger partial charge in [0.25, 0.3) is 0 Å². The molecule has 2 N–H and O–H groups in total. The fraction of sp³-hybridized carbons (Fsp3) is 0.385. The SMILES string of the molecule is CNC(=O)NC(=O)CCSCc1cccc(C(F)(F)F)c1. The van der Waals surface area contributed by atoms with Crippen molar-refractivity contribution in [3.8, 4) is 0 Å². The minimum absolute atomic E-state index is 0.122. The second-order valence-electron chi connectivity index (χ2n) is 4.13. The second kappa shape index (κ2) is 7.92. The van der Waals surface area contributed by atoms with E-state index in [0.29, 0.717) is 17.1 Å². The van der Waals surface area contributed by atoms with Gasteiger partial charge in [-0.1, -0.05) is 18.2 Å². The second-order valence-corrected chi connectivity index (χ2v) is 5.23. The molecule has 21 heavy (non-hydrogen) atoms. The Morgan fingerprint density at radius 1 is 1.29 bits per heavy atom. The average Bonchev–Trinajstić information content (AvgIpc) is 2.43. The Kier molecular flexibility index (Phi) is 6.54. The molecule has 0 saturated carbocycles. The molecule has 0 atom stereocenters. The normalized spacial score (nSPS) is 11.0. The summed E-state index contributed by atoms with van der Waals surface area (Å²) in [4.78, 5) is 22.1. The summed E-state index contributed by atoms with van der Waals surface area (Å²) in [5.74, 6) is 0.363. The summed E-state index contributed by atoms with van der Waals surface area (Å²) in [5.41, 5.74) is -0.139. The van der Waals surface area contributed by atoms with Gasteiger partial charge < -0.3 is 5.32 Å². The molecule has 4 nitrogen and oxygen atoms in total. The van der Waals surface area contributed by atoms with Crippen molar-refractivity contribution in [2.45, 2.75) is 18.3 Å². The molecular formula is C13H15F3N2O2S. The van der Waals surface area contributed by atoms with Crippen LogP contribution in [-0.2, 0) is 16.7 Å². The summed E-state index contributed by atoms with van der Waals surface area (Å²) in [6.45, 7) is 0. The lowest BCUT2D eigenvalue weighted by Gasteiger charge is -2.08. The van der Waals surface area contributed by atoms with Gasteiger partial charge in [0, 0.05) is 25.0 Å². The summed E-state index contributed by atoms with van der Waals surface area (Å²) in [6, 6.07) is 4.50. The van der Waals surface area contributed by atoms with Gasteiger partial charge in [0.1, 0.15) is 0 Å². The number of rotatable bonds is 5. The standard InChI is InChI=1S/C13H15F3N2O2S/c1-17-12(20)18-11(19)5-6-21-8-9-3-2-4-10(7-9)13(14,15)16/h2-4,7H,5-6,8H2,1H3,(H2,17,18,19,20). The van der Waals surface area contributed by atoms with E-state index in [0.717, 1.165) is 12.1 Å². The van der Waals surface area contributed by atoms with Crippen LogP contribution in [0.2, 0.25) is 0 Å². The Hall–Kier alpha value is -1.70. The molecule has 1 aromatic carbocycles. The lowest BCUT2D eigenvalue weighted by Crippen LogP contribution is -2.37. The number of urea groups is 1. The Labute approximate surface area is 124 Å². The van der Waals surface area contributed by atoms with Gasteiger partial charge >= 0.3 is 12.2 Å². The van der Waals surface area contributed by atoms with Crippen molar-refractivity contribution in [2.75, 3.05) is 12.8 Å². The number of hydrogen-bond donors (Lipinski definition) is 2. The van der Waals surface area contributed by atoms with Crippen LogP contribution in [0.1, 0.15) is 17.5 Å². The molecule has 0 bridgehead atoms. The lowest BCUT2D eigenvalue weighted by molar-refractivity contribution is -0.137. The van der Waals surface area contributed by atoms with Crippen LogP contribution in [0.5, 0.6) is 0 Å². The molecule has 8 heteroatoms. The average molecular weight is 320 g/mol. The molecule has 0 unspecified atom stereocenters. The highest BCUT2D eigenvalue weighted by Crippen LogP contribution is 2.30. The predicted octanol–water partition coefficient (Wildman–Crippen LogP) is 2.78. The number of carbonyl (C=O) groups excluding carboxylic acids is 2. The van der Waals surface area contributed by atoms with E-state index in [1.807, 2.05) is 0 Å². The molecule has 0 spiro atoms. The van der Waals surface area contributed by atoms with Crippen LogP contribution in [0.25, 0.3) is 0 Å². The van der Waals surface area contributed by atoms with E-state index in [-0.39, 0.29) is 6.42 Å². The van der Waals surface area contributed by atoms with E-state index in [4.69, 9.17) is 0 Å². The fourth-order valence-corrected chi connectivity index (χ4v) is 2.33. The predicted molar refractivity (Wildman–Crippen MR) is 74.8 cm³/mol. The van der Waals surface area contributed by atoms with Crippen LogP contribution in [0.15, 0.2) is 24.3 Å². The van der Waals surface area contributed by atoms with Crippen LogP contribution in [0.3, 0.4) is 0 Å². The van der Waals surface area contributed by atoms with E-state index in [1.54, 1.807) is 6.07 Å². The minimum atomic E-state index is -4.35. The highest BCUT2D eigenvalue weighted by molar-refractivity contribution is 7.98. The van der Waals surface area contributed by atoms with Crippen LogP contribution in [0, 0.1) is 0 Å². The van der Waals surface area contributed by atoms with Crippen molar-refractivity contribution in [3.63, 3.8) is 0 Å². The van der Waals surface area contributed by atoms with Crippen molar-refractivity contribution >= 4 is 23.7 Å². The Morgan fingerprint density at radius 3 is 2.62 bits per heavy atom. The third-order valence-electron chi connectivity index (χ3n) is 2.48. The molecule has 0 aliphatic rings. The number of carbonyl (C=O) groups is 2. The zero-order chi connectivity index (χ0) is 15.9. The third kappa shape index (κ3) is 6.52. The van der Waals surface area contributed by atoms with E-state index in [2.05, 4.69) is 10.6 Å². The zero-order valence-electron chi connectivity index (χ0n) is 11.3. The van der Waals surface area contributed by atoms with E-state index in [1.165, 1.54) is 24.9 Å². The van der Waals surface area contributed by atoms with Gasteiger partial charge in [-0.05, 0) is 11.6 Å². The van der Waals surface area contributed by atoms with Crippen molar-refractivity contribution in [1.29, 1.82) is 0 Å². The first-order valence-electron chi connectivity index (χ1n) is 6.08. The van der Waals surface area contributed by atoms with Gasteiger partial charge in [0.2, 0.25) is 5.91 Å². The number of amides is 3. The Balaban J connectivity index is 2.36. The maximum atomic E-state index is 12.5. The summed E-state index contributed by atoms with van der Waals surface area (Å²) in [6.07, 6.45) is -4.23. The number of alkyl halides is 3. The van der Waals surface area contributed by atoms with Crippen molar-refractivity contribution in [3.05, 3.63) is 35.4 Å². The van der Waals surface area contributed by atoms with E-state index >= 15 is 0 Å². The van der Waals surface area contributed by atoms with Crippen molar-refractivity contribution < 1.29 is 22.8 Å². The highest BCUT2D eigenvalue weighted by Gasteiger charge is 2.30. The summed E-state index contributed by atoms with van der Waals surface area (Å²) < 4.78 is 37.6. The quantitative estimate of drug-likeness (QED) is 0.820. The molecule has 0 aliphatic heterocycles. The first-order chi connectivity index (χ1) is 9.82. The van der Waals surface area contributed by atoms with Crippen LogP contribution < -0.4 is 10.6 Å².